The van der Waals surface area contributed by atoms with Crippen LogP contribution in [0, 0.1) is 5.92 Å². The average molecular weight is 225 g/mol. The fourth-order valence-corrected chi connectivity index (χ4v) is 2.41. The molecule has 2 aliphatic heterocycles. The van der Waals surface area contributed by atoms with Gasteiger partial charge in [-0.3, -0.25) is 19.4 Å². The number of nitrogens with two attached hydrogens (primary N) is 1. The van der Waals surface area contributed by atoms with Crippen LogP contribution in [0.15, 0.2) is 0 Å². The van der Waals surface area contributed by atoms with Crippen LogP contribution in [0.4, 0.5) is 0 Å². The lowest BCUT2D eigenvalue weighted by atomic mass is 10.1. The SMILES string of the molecule is CC1CN(CC(=O)N2CCCC2=O)CC1N. The lowest BCUT2D eigenvalue weighted by molar-refractivity contribution is -0.142. The van der Waals surface area contributed by atoms with Gasteiger partial charge in [0.05, 0.1) is 6.54 Å². The van der Waals surface area contributed by atoms with Crippen molar-refractivity contribution in [3.8, 4) is 0 Å². The molecule has 0 saturated carbocycles. The Morgan fingerprint density at radius 3 is 2.75 bits per heavy atom. The highest BCUT2D eigenvalue weighted by atomic mass is 16.2. The summed E-state index contributed by atoms with van der Waals surface area (Å²) >= 11 is 0. The molecule has 2 saturated heterocycles. The number of likely N-dealkylation sites (tertiary alicyclic amines) is 2. The van der Waals surface area contributed by atoms with Gasteiger partial charge in [0.2, 0.25) is 11.8 Å². The first-order chi connectivity index (χ1) is 7.58. The Morgan fingerprint density at radius 2 is 2.25 bits per heavy atom. The third kappa shape index (κ3) is 2.25. The third-order valence-electron chi connectivity index (χ3n) is 3.48. The first-order valence-corrected chi connectivity index (χ1v) is 5.89. The first kappa shape index (κ1) is 11.5. The molecule has 2 aliphatic rings. The van der Waals surface area contributed by atoms with Crippen LogP contribution < -0.4 is 5.73 Å². The first-order valence-electron chi connectivity index (χ1n) is 5.89. The van der Waals surface area contributed by atoms with Gasteiger partial charge in [0.25, 0.3) is 0 Å². The Kier molecular flexibility index (Phi) is 3.25. The molecule has 90 valence electrons. The molecule has 0 aromatic rings. The fourth-order valence-electron chi connectivity index (χ4n) is 2.41. The molecular weight excluding hydrogens is 206 g/mol. The number of imide groups is 1. The minimum Gasteiger partial charge on any atom is -0.326 e. The summed E-state index contributed by atoms with van der Waals surface area (Å²) in [5.74, 6) is 0.340. The summed E-state index contributed by atoms with van der Waals surface area (Å²) in [4.78, 5) is 26.7. The van der Waals surface area contributed by atoms with Gasteiger partial charge >= 0.3 is 0 Å². The number of carbonyl (C=O) groups is 2. The van der Waals surface area contributed by atoms with Crippen LogP contribution in [-0.4, -0.2) is 53.8 Å². The summed E-state index contributed by atoms with van der Waals surface area (Å²) in [7, 11) is 0. The number of hydrogen-bond donors (Lipinski definition) is 1. The zero-order chi connectivity index (χ0) is 11.7. The Balaban J connectivity index is 1.86. The second kappa shape index (κ2) is 4.51. The quantitative estimate of drug-likeness (QED) is 0.682. The topological polar surface area (TPSA) is 66.6 Å². The number of nitrogens with zero attached hydrogens (tertiary/aromatic N) is 2. The van der Waals surface area contributed by atoms with Gasteiger partial charge in [0, 0.05) is 32.1 Å². The van der Waals surface area contributed by atoms with Crippen molar-refractivity contribution in [2.45, 2.75) is 25.8 Å². The van der Waals surface area contributed by atoms with Crippen molar-refractivity contribution < 1.29 is 9.59 Å². The summed E-state index contributed by atoms with van der Waals surface area (Å²) in [6.07, 6.45) is 1.32. The molecule has 0 spiro atoms. The van der Waals surface area contributed by atoms with Gasteiger partial charge in [-0.25, -0.2) is 0 Å². The van der Waals surface area contributed by atoms with E-state index in [0.29, 0.717) is 25.4 Å². The van der Waals surface area contributed by atoms with Gasteiger partial charge in [0.1, 0.15) is 0 Å². The molecule has 0 bridgehead atoms. The monoisotopic (exact) mass is 225 g/mol. The van der Waals surface area contributed by atoms with E-state index in [1.165, 1.54) is 4.90 Å². The Labute approximate surface area is 95.6 Å². The van der Waals surface area contributed by atoms with Crippen LogP contribution in [0.5, 0.6) is 0 Å². The lowest BCUT2D eigenvalue weighted by Gasteiger charge is -2.19. The molecule has 2 rings (SSSR count). The molecule has 16 heavy (non-hydrogen) atoms. The Bertz CT molecular complexity index is 296. The van der Waals surface area contributed by atoms with E-state index in [1.807, 2.05) is 4.90 Å². The van der Waals surface area contributed by atoms with Crippen LogP contribution in [0.3, 0.4) is 0 Å². The maximum Gasteiger partial charge on any atom is 0.243 e. The van der Waals surface area contributed by atoms with E-state index in [-0.39, 0.29) is 17.9 Å². The van der Waals surface area contributed by atoms with Gasteiger partial charge in [-0.15, -0.1) is 0 Å². The van der Waals surface area contributed by atoms with Crippen LogP contribution in [0.1, 0.15) is 19.8 Å². The van der Waals surface area contributed by atoms with Crippen molar-refractivity contribution in [1.29, 1.82) is 0 Å². The predicted molar refractivity (Wildman–Crippen MR) is 59.5 cm³/mol. The zero-order valence-corrected chi connectivity index (χ0v) is 9.69. The van der Waals surface area contributed by atoms with E-state index in [9.17, 15) is 9.59 Å². The zero-order valence-electron chi connectivity index (χ0n) is 9.69. The van der Waals surface area contributed by atoms with E-state index in [0.717, 1.165) is 19.5 Å². The second-order valence-corrected chi connectivity index (χ2v) is 4.88. The van der Waals surface area contributed by atoms with Gasteiger partial charge in [0.15, 0.2) is 0 Å². The molecule has 2 unspecified atom stereocenters. The molecule has 2 N–H and O–H groups in total. The van der Waals surface area contributed by atoms with Gasteiger partial charge in [-0.05, 0) is 12.3 Å². The number of carbonyl (C=O) groups excluding carboxylic acids is 2. The summed E-state index contributed by atoms with van der Waals surface area (Å²) in [6.45, 7) is 4.64. The van der Waals surface area contributed by atoms with E-state index in [4.69, 9.17) is 5.73 Å². The van der Waals surface area contributed by atoms with Crippen molar-refractivity contribution in [2.75, 3.05) is 26.2 Å². The van der Waals surface area contributed by atoms with Crippen LogP contribution in [0.2, 0.25) is 0 Å². The molecule has 2 fully saturated rings. The maximum atomic E-state index is 11.8. The van der Waals surface area contributed by atoms with Crippen LogP contribution >= 0.6 is 0 Å². The summed E-state index contributed by atoms with van der Waals surface area (Å²) in [5, 5.41) is 0. The number of amides is 2. The summed E-state index contributed by atoms with van der Waals surface area (Å²) in [6, 6.07) is 0.155. The lowest BCUT2D eigenvalue weighted by Crippen LogP contribution is -2.40. The minimum absolute atomic E-state index is 0.0263. The van der Waals surface area contributed by atoms with E-state index in [2.05, 4.69) is 6.92 Å². The number of rotatable bonds is 2. The molecule has 2 heterocycles. The molecular formula is C11H19N3O2. The molecule has 5 heteroatoms. The van der Waals surface area contributed by atoms with Gasteiger partial charge in [-0.2, -0.15) is 0 Å². The predicted octanol–water partition coefficient (Wildman–Crippen LogP) is -0.586. The summed E-state index contributed by atoms with van der Waals surface area (Å²) < 4.78 is 0. The van der Waals surface area contributed by atoms with Crippen molar-refractivity contribution in [3.05, 3.63) is 0 Å². The van der Waals surface area contributed by atoms with Crippen molar-refractivity contribution in [2.24, 2.45) is 11.7 Å². The van der Waals surface area contributed by atoms with Crippen LogP contribution in [-0.2, 0) is 9.59 Å². The average Bonchev–Trinajstić information content (AvgIpc) is 2.74. The molecule has 5 nitrogen and oxygen atoms in total. The highest BCUT2D eigenvalue weighted by Gasteiger charge is 2.31. The molecule has 2 amide bonds. The maximum absolute atomic E-state index is 11.8. The Hall–Kier alpha value is -0.940. The smallest absolute Gasteiger partial charge is 0.243 e. The minimum atomic E-state index is -0.0659. The molecule has 0 aromatic carbocycles. The van der Waals surface area contributed by atoms with Gasteiger partial charge < -0.3 is 5.73 Å². The van der Waals surface area contributed by atoms with E-state index < -0.39 is 0 Å². The molecule has 0 aromatic heterocycles. The number of hydrogen-bond acceptors (Lipinski definition) is 4. The second-order valence-electron chi connectivity index (χ2n) is 4.88. The normalized spacial score (nSPS) is 31.4. The van der Waals surface area contributed by atoms with Crippen molar-refractivity contribution in [3.63, 3.8) is 0 Å². The summed E-state index contributed by atoms with van der Waals surface area (Å²) in [5.41, 5.74) is 5.89. The standard InChI is InChI=1S/C11H19N3O2/c1-8-5-13(6-9(8)12)7-11(16)14-4-2-3-10(14)15/h8-9H,2-7,12H2,1H3. The Morgan fingerprint density at radius 1 is 1.50 bits per heavy atom. The van der Waals surface area contributed by atoms with Crippen molar-refractivity contribution in [1.82, 2.24) is 9.80 Å². The van der Waals surface area contributed by atoms with Crippen LogP contribution in [0.25, 0.3) is 0 Å². The largest absolute Gasteiger partial charge is 0.326 e. The molecule has 0 aliphatic carbocycles. The molecule has 0 radical (unpaired) electrons. The fraction of sp³-hybridized carbons (Fsp3) is 0.818. The third-order valence-corrected chi connectivity index (χ3v) is 3.48. The van der Waals surface area contributed by atoms with E-state index in [1.54, 1.807) is 0 Å². The van der Waals surface area contributed by atoms with Crippen molar-refractivity contribution >= 4 is 11.8 Å². The van der Waals surface area contributed by atoms with E-state index >= 15 is 0 Å². The highest BCUT2D eigenvalue weighted by molar-refractivity contribution is 5.97. The molecule has 2 atom stereocenters. The van der Waals surface area contributed by atoms with Gasteiger partial charge in [-0.1, -0.05) is 6.92 Å². The highest BCUT2D eigenvalue weighted by Crippen LogP contribution is 2.16.